The molecule has 1 aliphatic carbocycles. The lowest BCUT2D eigenvalue weighted by Gasteiger charge is -2.32. The van der Waals surface area contributed by atoms with E-state index in [0.29, 0.717) is 16.0 Å². The predicted octanol–water partition coefficient (Wildman–Crippen LogP) is 8.24. The highest BCUT2D eigenvalue weighted by Gasteiger charge is 2.45. The number of fused-ring (bicyclic) bond motifs is 1. The maximum atomic E-state index is 13.9. The van der Waals surface area contributed by atoms with E-state index < -0.39 is 16.9 Å². The summed E-state index contributed by atoms with van der Waals surface area (Å²) in [5.41, 5.74) is 3.58. The number of rotatable bonds is 4. The third-order valence-electron chi connectivity index (χ3n) is 6.79. The first-order valence-electron chi connectivity index (χ1n) is 11.8. The van der Waals surface area contributed by atoms with E-state index in [9.17, 15) is 14.9 Å². The second kappa shape index (κ2) is 10.3. The van der Waals surface area contributed by atoms with Crippen molar-refractivity contribution in [2.75, 3.05) is 0 Å². The van der Waals surface area contributed by atoms with Crippen molar-refractivity contribution in [3.63, 3.8) is 0 Å². The lowest BCUT2D eigenvalue weighted by Crippen LogP contribution is -2.33. The van der Waals surface area contributed by atoms with Gasteiger partial charge in [0.25, 0.3) is 11.6 Å². The topological polar surface area (TPSA) is 75.8 Å². The first-order valence-corrected chi connectivity index (χ1v) is 12.9. The van der Waals surface area contributed by atoms with Gasteiger partial charge < -0.3 is 0 Å². The van der Waals surface area contributed by atoms with Crippen molar-refractivity contribution in [1.29, 1.82) is 0 Å². The standard InChI is InChI=1S/C28H22Cl3N3O3/c1-16-12-19(14-17-2-6-20(29)7-3-17)26-24(13-16)27(18-4-8-21(30)9-5-18)33(32-26)28(35)23-15-22(34(36)37)10-11-25(23)31/h2-11,14-16,24,27H,12-13H2,1H3/b19-14+. The summed E-state index contributed by atoms with van der Waals surface area (Å²) >= 11 is 18.6. The molecule has 1 amide bonds. The number of amides is 1. The van der Waals surface area contributed by atoms with Crippen LogP contribution in [0.2, 0.25) is 15.1 Å². The fraction of sp³-hybridized carbons (Fsp3) is 0.214. The lowest BCUT2D eigenvalue weighted by molar-refractivity contribution is -0.384. The van der Waals surface area contributed by atoms with Crippen molar-refractivity contribution in [2.24, 2.45) is 16.9 Å². The highest BCUT2D eigenvalue weighted by Crippen LogP contribution is 2.47. The lowest BCUT2D eigenvalue weighted by atomic mass is 9.73. The summed E-state index contributed by atoms with van der Waals surface area (Å²) in [5, 5.41) is 19.0. The van der Waals surface area contributed by atoms with Gasteiger partial charge in [0.15, 0.2) is 0 Å². The van der Waals surface area contributed by atoms with Crippen molar-refractivity contribution in [3.8, 4) is 0 Å². The van der Waals surface area contributed by atoms with Gasteiger partial charge in [-0.3, -0.25) is 14.9 Å². The average Bonchev–Trinajstić information content (AvgIpc) is 3.25. The zero-order valence-corrected chi connectivity index (χ0v) is 22.0. The molecule has 3 atom stereocenters. The van der Waals surface area contributed by atoms with Crippen molar-refractivity contribution in [1.82, 2.24) is 5.01 Å². The Kier molecular flexibility index (Phi) is 7.08. The molecule has 0 bridgehead atoms. The van der Waals surface area contributed by atoms with Gasteiger partial charge in [0, 0.05) is 28.1 Å². The minimum absolute atomic E-state index is 0.0362. The van der Waals surface area contributed by atoms with Crippen LogP contribution in [0.4, 0.5) is 5.69 Å². The van der Waals surface area contributed by atoms with Gasteiger partial charge in [0.2, 0.25) is 0 Å². The number of carbonyl (C=O) groups is 1. The number of carbonyl (C=O) groups excluding carboxylic acids is 1. The fourth-order valence-corrected chi connectivity index (χ4v) is 5.57. The molecule has 3 unspecified atom stereocenters. The summed E-state index contributed by atoms with van der Waals surface area (Å²) in [7, 11) is 0. The Labute approximate surface area is 229 Å². The van der Waals surface area contributed by atoms with Crippen LogP contribution in [0.25, 0.3) is 6.08 Å². The highest BCUT2D eigenvalue weighted by atomic mass is 35.5. The van der Waals surface area contributed by atoms with Gasteiger partial charge in [-0.1, -0.05) is 66.0 Å². The van der Waals surface area contributed by atoms with E-state index in [-0.39, 0.29) is 22.2 Å². The Morgan fingerprint density at radius 2 is 1.68 bits per heavy atom. The number of nitro benzene ring substituents is 1. The van der Waals surface area contributed by atoms with E-state index >= 15 is 0 Å². The quantitative estimate of drug-likeness (QED) is 0.241. The Bertz CT molecular complexity index is 1440. The van der Waals surface area contributed by atoms with E-state index in [1.54, 1.807) is 12.1 Å². The molecule has 1 saturated carbocycles. The van der Waals surface area contributed by atoms with E-state index in [1.807, 2.05) is 36.4 Å². The second-order valence-electron chi connectivity index (χ2n) is 9.43. The molecular weight excluding hydrogens is 533 g/mol. The van der Waals surface area contributed by atoms with Gasteiger partial charge in [0.1, 0.15) is 0 Å². The fourth-order valence-electron chi connectivity index (χ4n) is 5.12. The maximum absolute atomic E-state index is 13.9. The molecule has 6 nitrogen and oxygen atoms in total. The highest BCUT2D eigenvalue weighted by molar-refractivity contribution is 6.34. The van der Waals surface area contributed by atoms with Gasteiger partial charge in [-0.25, -0.2) is 5.01 Å². The molecule has 0 N–H and O–H groups in total. The second-order valence-corrected chi connectivity index (χ2v) is 10.7. The smallest absolute Gasteiger partial charge is 0.267 e. The summed E-state index contributed by atoms with van der Waals surface area (Å²) in [6.07, 6.45) is 3.73. The molecule has 0 saturated heterocycles. The average molecular weight is 555 g/mol. The molecule has 1 aliphatic heterocycles. The molecule has 3 aromatic carbocycles. The van der Waals surface area contributed by atoms with Crippen LogP contribution in [0.3, 0.4) is 0 Å². The van der Waals surface area contributed by atoms with Gasteiger partial charge >= 0.3 is 0 Å². The molecule has 1 heterocycles. The zero-order chi connectivity index (χ0) is 26.3. The van der Waals surface area contributed by atoms with Crippen molar-refractivity contribution < 1.29 is 9.72 Å². The number of hydrogen-bond donors (Lipinski definition) is 0. The number of allylic oxidation sites excluding steroid dienone is 1. The van der Waals surface area contributed by atoms with Crippen molar-refractivity contribution in [3.05, 3.63) is 114 Å². The largest absolute Gasteiger partial charge is 0.276 e. The molecule has 9 heteroatoms. The van der Waals surface area contributed by atoms with E-state index in [1.165, 1.54) is 23.2 Å². The Hall–Kier alpha value is -3.19. The third-order valence-corrected chi connectivity index (χ3v) is 7.62. The minimum Gasteiger partial charge on any atom is -0.267 e. The number of hydrogen-bond acceptors (Lipinski definition) is 4. The van der Waals surface area contributed by atoms with Gasteiger partial charge in [-0.2, -0.15) is 5.10 Å². The summed E-state index contributed by atoms with van der Waals surface area (Å²) in [6, 6.07) is 18.4. The number of non-ortho nitro benzene ring substituents is 1. The van der Waals surface area contributed by atoms with Crippen LogP contribution < -0.4 is 0 Å². The van der Waals surface area contributed by atoms with Crippen LogP contribution >= 0.6 is 34.8 Å². The summed E-state index contributed by atoms with van der Waals surface area (Å²) in [6.45, 7) is 2.19. The van der Waals surface area contributed by atoms with Crippen LogP contribution in [0, 0.1) is 22.0 Å². The Morgan fingerprint density at radius 1 is 1.03 bits per heavy atom. The van der Waals surface area contributed by atoms with Crippen LogP contribution in [-0.2, 0) is 0 Å². The first kappa shape index (κ1) is 25.5. The Balaban J connectivity index is 1.62. The Morgan fingerprint density at radius 3 is 2.32 bits per heavy atom. The predicted molar refractivity (Wildman–Crippen MR) is 147 cm³/mol. The van der Waals surface area contributed by atoms with E-state index in [4.69, 9.17) is 39.9 Å². The number of hydrazone groups is 1. The number of nitro groups is 1. The molecule has 3 aromatic rings. The molecule has 5 rings (SSSR count). The molecule has 0 aromatic heterocycles. The maximum Gasteiger partial charge on any atom is 0.276 e. The van der Waals surface area contributed by atoms with Crippen LogP contribution in [0.1, 0.15) is 47.3 Å². The number of halogens is 3. The first-order chi connectivity index (χ1) is 17.7. The van der Waals surface area contributed by atoms with E-state index in [0.717, 1.165) is 35.3 Å². The SMILES string of the molecule is CC1C/C(=C\c2ccc(Cl)cc2)C2=NN(C(=O)c3cc([N+](=O)[O-])ccc3Cl)C(c3ccc(Cl)cc3)C2C1. The molecule has 1 fully saturated rings. The summed E-state index contributed by atoms with van der Waals surface area (Å²) in [4.78, 5) is 24.7. The molecular formula is C28H22Cl3N3O3. The third kappa shape index (κ3) is 5.14. The van der Waals surface area contributed by atoms with Gasteiger partial charge in [0.05, 0.1) is 27.3 Å². The number of nitrogens with zero attached hydrogens (tertiary/aromatic N) is 3. The molecule has 0 radical (unpaired) electrons. The molecule has 2 aliphatic rings. The van der Waals surface area contributed by atoms with Crippen LogP contribution in [-0.4, -0.2) is 21.6 Å². The molecule has 0 spiro atoms. The number of benzene rings is 3. The zero-order valence-electron chi connectivity index (χ0n) is 19.8. The van der Waals surface area contributed by atoms with Crippen molar-refractivity contribution >= 4 is 58.2 Å². The van der Waals surface area contributed by atoms with Gasteiger partial charge in [-0.15, -0.1) is 0 Å². The minimum atomic E-state index is -0.548. The van der Waals surface area contributed by atoms with Crippen LogP contribution in [0.5, 0.6) is 0 Å². The monoisotopic (exact) mass is 553 g/mol. The van der Waals surface area contributed by atoms with Gasteiger partial charge in [-0.05, 0) is 71.9 Å². The van der Waals surface area contributed by atoms with E-state index in [2.05, 4.69) is 13.0 Å². The molecule has 188 valence electrons. The van der Waals surface area contributed by atoms with Crippen LogP contribution in [0.15, 0.2) is 77.4 Å². The summed E-state index contributed by atoms with van der Waals surface area (Å²) in [5.74, 6) is -0.201. The normalized spacial score (nSPS) is 22.1. The van der Waals surface area contributed by atoms with Crippen molar-refractivity contribution in [2.45, 2.75) is 25.8 Å². The summed E-state index contributed by atoms with van der Waals surface area (Å²) < 4.78 is 0. The molecule has 37 heavy (non-hydrogen) atoms.